The molecule has 1 fully saturated rings. The van der Waals surface area contributed by atoms with Gasteiger partial charge in [0.2, 0.25) is 0 Å². The summed E-state index contributed by atoms with van der Waals surface area (Å²) >= 11 is 5.78. The van der Waals surface area contributed by atoms with Gasteiger partial charge >= 0.3 is 0 Å². The first-order valence-corrected chi connectivity index (χ1v) is 5.79. The van der Waals surface area contributed by atoms with Gasteiger partial charge in [0.25, 0.3) is 0 Å². The standard InChI is InChI=1S/C12H16ClNO/c13-11-3-5-12(6-4-11)14-7-8-15-9-10-1-2-10/h3-6,10,14H,1-2,7-9H2. The van der Waals surface area contributed by atoms with Crippen LogP contribution in [0.3, 0.4) is 0 Å². The minimum Gasteiger partial charge on any atom is -0.383 e. The summed E-state index contributed by atoms with van der Waals surface area (Å²) in [6.45, 7) is 2.57. The molecule has 15 heavy (non-hydrogen) atoms. The van der Waals surface area contributed by atoms with Crippen LogP contribution in [0.1, 0.15) is 12.8 Å². The first kappa shape index (κ1) is 10.8. The molecular weight excluding hydrogens is 210 g/mol. The average Bonchev–Trinajstić information content (AvgIpc) is 3.04. The summed E-state index contributed by atoms with van der Waals surface area (Å²) in [7, 11) is 0. The molecule has 0 radical (unpaired) electrons. The van der Waals surface area contributed by atoms with Gasteiger partial charge < -0.3 is 10.1 Å². The summed E-state index contributed by atoms with van der Waals surface area (Å²) < 4.78 is 5.51. The number of benzene rings is 1. The number of halogens is 1. The summed E-state index contributed by atoms with van der Waals surface area (Å²) in [5.41, 5.74) is 1.09. The molecule has 0 heterocycles. The molecule has 3 heteroatoms. The molecule has 1 aromatic carbocycles. The molecule has 82 valence electrons. The molecular formula is C12H16ClNO. The fourth-order valence-corrected chi connectivity index (χ4v) is 1.50. The molecule has 0 spiro atoms. The Morgan fingerprint density at radius 3 is 2.67 bits per heavy atom. The van der Waals surface area contributed by atoms with Gasteiger partial charge in [0, 0.05) is 23.9 Å². The van der Waals surface area contributed by atoms with E-state index in [1.165, 1.54) is 12.8 Å². The fourth-order valence-electron chi connectivity index (χ4n) is 1.37. The highest BCUT2D eigenvalue weighted by molar-refractivity contribution is 6.30. The van der Waals surface area contributed by atoms with E-state index in [1.54, 1.807) is 0 Å². The Labute approximate surface area is 95.6 Å². The second kappa shape index (κ2) is 5.38. The van der Waals surface area contributed by atoms with Crippen LogP contribution in [0, 0.1) is 5.92 Å². The molecule has 1 aromatic rings. The van der Waals surface area contributed by atoms with E-state index in [4.69, 9.17) is 16.3 Å². The van der Waals surface area contributed by atoms with Gasteiger partial charge in [0.1, 0.15) is 0 Å². The van der Waals surface area contributed by atoms with Crippen molar-refractivity contribution in [3.05, 3.63) is 29.3 Å². The molecule has 1 aliphatic rings. The van der Waals surface area contributed by atoms with Crippen molar-refractivity contribution in [1.82, 2.24) is 0 Å². The monoisotopic (exact) mass is 225 g/mol. The minimum absolute atomic E-state index is 0.769. The van der Waals surface area contributed by atoms with Gasteiger partial charge in [-0.1, -0.05) is 11.6 Å². The van der Waals surface area contributed by atoms with Gasteiger partial charge in [-0.3, -0.25) is 0 Å². The van der Waals surface area contributed by atoms with Crippen molar-refractivity contribution in [2.24, 2.45) is 5.92 Å². The lowest BCUT2D eigenvalue weighted by Gasteiger charge is -2.06. The third kappa shape index (κ3) is 4.10. The molecule has 0 aromatic heterocycles. The van der Waals surface area contributed by atoms with E-state index in [0.29, 0.717) is 0 Å². The maximum absolute atomic E-state index is 5.78. The van der Waals surface area contributed by atoms with Crippen LogP contribution in [0.5, 0.6) is 0 Å². The topological polar surface area (TPSA) is 21.3 Å². The summed E-state index contributed by atoms with van der Waals surface area (Å²) in [5.74, 6) is 0.848. The van der Waals surface area contributed by atoms with Crippen LogP contribution in [0.15, 0.2) is 24.3 Å². The number of hydrogen-bond donors (Lipinski definition) is 1. The Morgan fingerprint density at radius 1 is 1.27 bits per heavy atom. The second-order valence-electron chi connectivity index (χ2n) is 3.95. The first-order valence-electron chi connectivity index (χ1n) is 5.42. The smallest absolute Gasteiger partial charge is 0.0639 e. The van der Waals surface area contributed by atoms with E-state index < -0.39 is 0 Å². The summed E-state index contributed by atoms with van der Waals surface area (Å²) in [4.78, 5) is 0. The Balaban J connectivity index is 1.58. The highest BCUT2D eigenvalue weighted by Crippen LogP contribution is 2.28. The van der Waals surface area contributed by atoms with Crippen LogP contribution >= 0.6 is 11.6 Å². The first-order chi connectivity index (χ1) is 7.34. The fraction of sp³-hybridized carbons (Fsp3) is 0.500. The third-order valence-corrected chi connectivity index (χ3v) is 2.72. The molecule has 0 aliphatic heterocycles. The van der Waals surface area contributed by atoms with E-state index in [0.717, 1.165) is 36.4 Å². The maximum Gasteiger partial charge on any atom is 0.0639 e. The van der Waals surface area contributed by atoms with Gasteiger partial charge in [0.15, 0.2) is 0 Å². The molecule has 2 rings (SSSR count). The van der Waals surface area contributed by atoms with Crippen molar-refractivity contribution in [3.8, 4) is 0 Å². The molecule has 1 N–H and O–H groups in total. The number of hydrogen-bond acceptors (Lipinski definition) is 2. The molecule has 1 aliphatic carbocycles. The molecule has 0 atom stereocenters. The predicted molar refractivity (Wildman–Crippen MR) is 63.5 cm³/mol. The van der Waals surface area contributed by atoms with Gasteiger partial charge in [-0.15, -0.1) is 0 Å². The number of nitrogens with one attached hydrogen (secondary N) is 1. The van der Waals surface area contributed by atoms with E-state index in [9.17, 15) is 0 Å². The number of ether oxygens (including phenoxy) is 1. The van der Waals surface area contributed by atoms with Gasteiger partial charge in [-0.05, 0) is 43.0 Å². The van der Waals surface area contributed by atoms with Crippen LogP contribution in [-0.2, 0) is 4.74 Å². The lowest BCUT2D eigenvalue weighted by atomic mass is 10.3. The van der Waals surface area contributed by atoms with E-state index in [-0.39, 0.29) is 0 Å². The quantitative estimate of drug-likeness (QED) is 0.751. The van der Waals surface area contributed by atoms with Crippen molar-refractivity contribution in [2.75, 3.05) is 25.1 Å². The highest BCUT2D eigenvalue weighted by atomic mass is 35.5. The van der Waals surface area contributed by atoms with Crippen molar-refractivity contribution in [2.45, 2.75) is 12.8 Å². The van der Waals surface area contributed by atoms with E-state index in [2.05, 4.69) is 5.32 Å². The van der Waals surface area contributed by atoms with E-state index >= 15 is 0 Å². The zero-order valence-corrected chi connectivity index (χ0v) is 9.46. The van der Waals surface area contributed by atoms with Crippen LogP contribution < -0.4 is 5.32 Å². The lowest BCUT2D eigenvalue weighted by molar-refractivity contribution is 0.134. The zero-order valence-electron chi connectivity index (χ0n) is 8.71. The molecule has 1 saturated carbocycles. The zero-order chi connectivity index (χ0) is 10.5. The predicted octanol–water partition coefficient (Wildman–Crippen LogP) is 3.18. The van der Waals surface area contributed by atoms with Crippen LogP contribution in [0.4, 0.5) is 5.69 Å². The minimum atomic E-state index is 0.769. The van der Waals surface area contributed by atoms with Crippen LogP contribution in [0.2, 0.25) is 5.02 Å². The Morgan fingerprint density at radius 2 is 2.00 bits per heavy atom. The molecule has 0 unspecified atom stereocenters. The number of rotatable bonds is 6. The Kier molecular flexibility index (Phi) is 3.87. The Bertz CT molecular complexity index is 295. The number of anilines is 1. The second-order valence-corrected chi connectivity index (χ2v) is 4.39. The van der Waals surface area contributed by atoms with Gasteiger partial charge in [-0.2, -0.15) is 0 Å². The average molecular weight is 226 g/mol. The van der Waals surface area contributed by atoms with Crippen molar-refractivity contribution in [1.29, 1.82) is 0 Å². The maximum atomic E-state index is 5.78. The molecule has 2 nitrogen and oxygen atoms in total. The van der Waals surface area contributed by atoms with Crippen molar-refractivity contribution in [3.63, 3.8) is 0 Å². The molecule has 0 saturated heterocycles. The molecule has 0 bridgehead atoms. The third-order valence-electron chi connectivity index (χ3n) is 2.47. The normalized spacial score (nSPS) is 15.3. The summed E-state index contributed by atoms with van der Waals surface area (Å²) in [6.07, 6.45) is 2.70. The van der Waals surface area contributed by atoms with Crippen molar-refractivity contribution >= 4 is 17.3 Å². The van der Waals surface area contributed by atoms with Gasteiger partial charge in [0.05, 0.1) is 6.61 Å². The highest BCUT2D eigenvalue weighted by Gasteiger charge is 2.20. The largest absolute Gasteiger partial charge is 0.383 e. The SMILES string of the molecule is Clc1ccc(NCCOCC2CC2)cc1. The van der Waals surface area contributed by atoms with Crippen LogP contribution in [-0.4, -0.2) is 19.8 Å². The van der Waals surface area contributed by atoms with Crippen molar-refractivity contribution < 1.29 is 4.74 Å². The van der Waals surface area contributed by atoms with E-state index in [1.807, 2.05) is 24.3 Å². The Hall–Kier alpha value is -0.730. The lowest BCUT2D eigenvalue weighted by Crippen LogP contribution is -2.10. The summed E-state index contributed by atoms with van der Waals surface area (Å²) in [6, 6.07) is 7.72. The van der Waals surface area contributed by atoms with Crippen LogP contribution in [0.25, 0.3) is 0 Å². The van der Waals surface area contributed by atoms with Gasteiger partial charge in [-0.25, -0.2) is 0 Å². The summed E-state index contributed by atoms with van der Waals surface area (Å²) in [5, 5.41) is 4.05. The molecule has 0 amide bonds.